The Morgan fingerprint density at radius 3 is 2.16 bits per heavy atom. The van der Waals surface area contributed by atoms with Crippen molar-refractivity contribution in [3.8, 4) is 11.5 Å². The fourth-order valence-electron chi connectivity index (χ4n) is 4.09. The van der Waals surface area contributed by atoms with Crippen LogP contribution in [-0.2, 0) is 26.2 Å². The topological polar surface area (TPSA) is 105 Å². The van der Waals surface area contributed by atoms with Gasteiger partial charge >= 0.3 is 0 Å². The summed E-state index contributed by atoms with van der Waals surface area (Å²) in [6, 6.07) is 13.4. The molecule has 0 aliphatic heterocycles. The van der Waals surface area contributed by atoms with Gasteiger partial charge in [-0.15, -0.1) is 0 Å². The van der Waals surface area contributed by atoms with Crippen LogP contribution in [0.3, 0.4) is 0 Å². The number of carbonyl (C=O) groups excluding carboxylic acids is 2. The predicted octanol–water partition coefficient (Wildman–Crippen LogP) is 3.97. The molecule has 10 heteroatoms. The first-order valence-corrected chi connectivity index (χ1v) is 14.5. The number of anilines is 1. The van der Waals surface area contributed by atoms with E-state index >= 15 is 0 Å². The zero-order valence-electron chi connectivity index (χ0n) is 23.5. The summed E-state index contributed by atoms with van der Waals surface area (Å²) in [4.78, 5) is 28.3. The van der Waals surface area contributed by atoms with Crippen LogP contribution in [0.2, 0.25) is 0 Å². The predicted molar refractivity (Wildman–Crippen MR) is 150 cm³/mol. The molecule has 0 saturated heterocycles. The number of amides is 2. The molecular formula is C28H41N3O6S. The summed E-state index contributed by atoms with van der Waals surface area (Å²) in [6.45, 7) is 7.89. The summed E-state index contributed by atoms with van der Waals surface area (Å²) in [5, 5.41) is 2.98. The van der Waals surface area contributed by atoms with Gasteiger partial charge in [0.1, 0.15) is 17.5 Å². The second-order valence-electron chi connectivity index (χ2n) is 10.2. The first-order chi connectivity index (χ1) is 17.8. The molecule has 2 aromatic rings. The van der Waals surface area contributed by atoms with E-state index in [-0.39, 0.29) is 37.7 Å². The average Bonchev–Trinajstić information content (AvgIpc) is 2.84. The van der Waals surface area contributed by atoms with Crippen LogP contribution in [0.1, 0.15) is 52.5 Å². The largest absolute Gasteiger partial charge is 0.497 e. The molecule has 2 aromatic carbocycles. The van der Waals surface area contributed by atoms with Gasteiger partial charge in [-0.1, -0.05) is 19.1 Å². The summed E-state index contributed by atoms with van der Waals surface area (Å²) >= 11 is 0. The van der Waals surface area contributed by atoms with Crippen molar-refractivity contribution in [2.45, 2.75) is 65.1 Å². The maximum absolute atomic E-state index is 13.6. The van der Waals surface area contributed by atoms with Crippen molar-refractivity contribution in [3.05, 3.63) is 54.1 Å². The first kappa shape index (κ1) is 31.0. The third kappa shape index (κ3) is 9.24. The molecule has 38 heavy (non-hydrogen) atoms. The molecule has 0 heterocycles. The minimum absolute atomic E-state index is 0.0748. The summed E-state index contributed by atoms with van der Waals surface area (Å²) in [5.41, 5.74) is 0.865. The van der Waals surface area contributed by atoms with Crippen molar-refractivity contribution in [2.24, 2.45) is 0 Å². The highest BCUT2D eigenvalue weighted by atomic mass is 32.2. The molecular weight excluding hydrogens is 506 g/mol. The fraction of sp³-hybridized carbons (Fsp3) is 0.500. The maximum Gasteiger partial charge on any atom is 0.243 e. The van der Waals surface area contributed by atoms with Crippen molar-refractivity contribution in [3.63, 3.8) is 0 Å². The summed E-state index contributed by atoms with van der Waals surface area (Å²) in [6.07, 6.45) is 1.92. The quantitative estimate of drug-likeness (QED) is 0.407. The Labute approximate surface area is 227 Å². The van der Waals surface area contributed by atoms with E-state index in [9.17, 15) is 18.0 Å². The normalized spacial score (nSPS) is 12.4. The van der Waals surface area contributed by atoms with Crippen LogP contribution in [0.5, 0.6) is 11.5 Å². The van der Waals surface area contributed by atoms with Crippen molar-refractivity contribution in [2.75, 3.05) is 31.3 Å². The van der Waals surface area contributed by atoms with Crippen LogP contribution in [0.25, 0.3) is 0 Å². The standard InChI is InChI=1S/C28H41N3O6S/c1-8-25(27(33)29-28(2,3)4)30(20-21-11-9-12-24(19-21)37-6)26(32)13-10-18-31(38(7,34)35)22-14-16-23(36-5)17-15-22/h9,11-12,14-17,19,25H,8,10,13,18,20H2,1-7H3,(H,29,33)/t25-/m0/s1. The number of rotatable bonds is 13. The molecule has 0 aromatic heterocycles. The van der Waals surface area contributed by atoms with Crippen molar-refractivity contribution in [1.29, 1.82) is 0 Å². The lowest BCUT2D eigenvalue weighted by Crippen LogP contribution is -2.53. The minimum Gasteiger partial charge on any atom is -0.497 e. The third-order valence-corrected chi connectivity index (χ3v) is 7.08. The molecule has 0 aliphatic carbocycles. The highest BCUT2D eigenvalue weighted by Gasteiger charge is 2.30. The number of ether oxygens (including phenoxy) is 2. The van der Waals surface area contributed by atoms with E-state index in [2.05, 4.69) is 5.32 Å². The number of hydrogen-bond acceptors (Lipinski definition) is 6. The van der Waals surface area contributed by atoms with Gasteiger partial charge in [-0.3, -0.25) is 13.9 Å². The van der Waals surface area contributed by atoms with Gasteiger partial charge in [-0.25, -0.2) is 8.42 Å². The Morgan fingerprint density at radius 2 is 1.63 bits per heavy atom. The summed E-state index contributed by atoms with van der Waals surface area (Å²) in [5.74, 6) is 0.814. The molecule has 1 N–H and O–H groups in total. The minimum atomic E-state index is -3.58. The van der Waals surface area contributed by atoms with Crippen LogP contribution in [0, 0.1) is 0 Å². The second-order valence-corrected chi connectivity index (χ2v) is 12.1. The van der Waals surface area contributed by atoms with Gasteiger partial charge in [-0.05, 0) is 75.6 Å². The monoisotopic (exact) mass is 547 g/mol. The lowest BCUT2D eigenvalue weighted by Gasteiger charge is -2.33. The Kier molecular flexibility index (Phi) is 11.0. The smallest absolute Gasteiger partial charge is 0.243 e. The third-order valence-electron chi connectivity index (χ3n) is 5.88. The van der Waals surface area contributed by atoms with Crippen LogP contribution in [-0.4, -0.2) is 63.7 Å². The summed E-state index contributed by atoms with van der Waals surface area (Å²) < 4.78 is 36.8. The van der Waals surface area contributed by atoms with Crippen molar-refractivity contribution in [1.82, 2.24) is 10.2 Å². The Bertz CT molecular complexity index is 1180. The SMILES string of the molecule is CC[C@@H](C(=O)NC(C)(C)C)N(Cc1cccc(OC)c1)C(=O)CCCN(c1ccc(OC)cc1)S(C)(=O)=O. The maximum atomic E-state index is 13.6. The number of nitrogens with zero attached hydrogens (tertiary/aromatic N) is 2. The van der Waals surface area contributed by atoms with Crippen LogP contribution < -0.4 is 19.1 Å². The second kappa shape index (κ2) is 13.5. The molecule has 210 valence electrons. The van der Waals surface area contributed by atoms with Crippen LogP contribution in [0.4, 0.5) is 5.69 Å². The molecule has 0 bridgehead atoms. The van der Waals surface area contributed by atoms with Crippen molar-refractivity contribution < 1.29 is 27.5 Å². The molecule has 0 aliphatic rings. The van der Waals surface area contributed by atoms with E-state index in [4.69, 9.17) is 9.47 Å². The molecule has 2 rings (SSSR count). The Hall–Kier alpha value is -3.27. The average molecular weight is 548 g/mol. The number of sulfonamides is 1. The highest BCUT2D eigenvalue weighted by Crippen LogP contribution is 2.23. The van der Waals surface area contributed by atoms with E-state index in [1.165, 1.54) is 11.4 Å². The van der Waals surface area contributed by atoms with Crippen LogP contribution >= 0.6 is 0 Å². The van der Waals surface area contributed by atoms with Gasteiger partial charge in [0, 0.05) is 25.0 Å². The molecule has 0 radical (unpaired) electrons. The van der Waals surface area contributed by atoms with E-state index < -0.39 is 21.6 Å². The van der Waals surface area contributed by atoms with Crippen LogP contribution in [0.15, 0.2) is 48.5 Å². The van der Waals surface area contributed by atoms with E-state index in [1.54, 1.807) is 36.3 Å². The molecule has 0 spiro atoms. The number of methoxy groups -OCH3 is 2. The number of carbonyl (C=O) groups is 2. The Balaban J connectivity index is 2.25. The summed E-state index contributed by atoms with van der Waals surface area (Å²) in [7, 11) is -0.464. The van der Waals surface area contributed by atoms with Gasteiger partial charge in [-0.2, -0.15) is 0 Å². The zero-order chi connectivity index (χ0) is 28.5. The lowest BCUT2D eigenvalue weighted by atomic mass is 10.0. The van der Waals surface area contributed by atoms with Gasteiger partial charge in [0.15, 0.2) is 0 Å². The lowest BCUT2D eigenvalue weighted by molar-refractivity contribution is -0.142. The Morgan fingerprint density at radius 1 is 1.00 bits per heavy atom. The van der Waals surface area contributed by atoms with E-state index in [0.717, 1.165) is 11.8 Å². The molecule has 0 unspecified atom stereocenters. The molecule has 0 saturated carbocycles. The fourth-order valence-corrected chi connectivity index (χ4v) is 5.06. The van der Waals surface area contributed by atoms with Crippen molar-refractivity contribution >= 4 is 27.5 Å². The molecule has 2 amide bonds. The van der Waals surface area contributed by atoms with Gasteiger partial charge < -0.3 is 19.7 Å². The first-order valence-electron chi connectivity index (χ1n) is 12.6. The number of nitrogens with one attached hydrogen (secondary N) is 1. The zero-order valence-corrected chi connectivity index (χ0v) is 24.3. The van der Waals surface area contributed by atoms with Gasteiger partial charge in [0.25, 0.3) is 0 Å². The number of hydrogen-bond donors (Lipinski definition) is 1. The molecule has 0 fully saturated rings. The number of benzene rings is 2. The van der Waals surface area contributed by atoms with Gasteiger partial charge in [0.2, 0.25) is 21.8 Å². The molecule has 1 atom stereocenters. The molecule has 9 nitrogen and oxygen atoms in total. The van der Waals surface area contributed by atoms with E-state index in [0.29, 0.717) is 23.6 Å². The highest BCUT2D eigenvalue weighted by molar-refractivity contribution is 7.92. The van der Waals surface area contributed by atoms with E-state index in [1.807, 2.05) is 52.0 Å². The van der Waals surface area contributed by atoms with Gasteiger partial charge in [0.05, 0.1) is 26.2 Å².